The van der Waals surface area contributed by atoms with Crippen molar-refractivity contribution in [3.63, 3.8) is 0 Å². The van der Waals surface area contributed by atoms with Gasteiger partial charge in [-0.2, -0.15) is 0 Å². The summed E-state index contributed by atoms with van der Waals surface area (Å²) in [6, 6.07) is 14.2. The third-order valence-corrected chi connectivity index (χ3v) is 3.59. The first kappa shape index (κ1) is 16.2. The minimum atomic E-state index is -1.24. The summed E-state index contributed by atoms with van der Waals surface area (Å²) < 4.78 is 32.8. The molecule has 0 unspecified atom stereocenters. The monoisotopic (exact) mass is 322 g/mol. The normalized spacial score (nSPS) is 10.3. The molecule has 0 aliphatic heterocycles. The fourth-order valence-corrected chi connectivity index (χ4v) is 2.25. The van der Waals surface area contributed by atoms with Gasteiger partial charge in [-0.1, -0.05) is 0 Å². The molecule has 0 radical (unpaired) electrons. The van der Waals surface area contributed by atoms with E-state index in [0.717, 1.165) is 11.5 Å². The number of methoxy groups -OCH3 is 2. The van der Waals surface area contributed by atoms with E-state index in [1.165, 1.54) is 0 Å². The maximum absolute atomic E-state index is 11.8. The highest BCUT2D eigenvalue weighted by Crippen LogP contribution is 2.18. The van der Waals surface area contributed by atoms with Gasteiger partial charge in [-0.25, -0.2) is 0 Å². The molecule has 5 nitrogen and oxygen atoms in total. The Bertz CT molecular complexity index is 541. The lowest BCUT2D eigenvalue weighted by Gasteiger charge is -2.09. The van der Waals surface area contributed by atoms with Gasteiger partial charge in [0, 0.05) is 0 Å². The Hall–Kier alpha value is -2.21. The van der Waals surface area contributed by atoms with Gasteiger partial charge in [0.15, 0.2) is 11.9 Å². The molecule has 0 aliphatic carbocycles. The van der Waals surface area contributed by atoms with Crippen molar-refractivity contribution in [2.75, 3.05) is 26.1 Å². The van der Waals surface area contributed by atoms with Crippen LogP contribution in [0.3, 0.4) is 0 Å². The van der Waals surface area contributed by atoms with Gasteiger partial charge < -0.3 is 18.9 Å². The van der Waals surface area contributed by atoms with Crippen molar-refractivity contribution in [2.24, 2.45) is 0 Å². The van der Waals surface area contributed by atoms with Crippen molar-refractivity contribution >= 4 is 10.8 Å². The predicted octanol–water partition coefficient (Wildman–Crippen LogP) is 2.83. The molecule has 6 heteroatoms. The molecule has 0 heterocycles. The molecule has 2 rings (SSSR count). The zero-order valence-electron chi connectivity index (χ0n) is 12.5. The molecule has 2 aromatic rings. The average molecular weight is 322 g/mol. The van der Waals surface area contributed by atoms with Gasteiger partial charge in [-0.15, -0.1) is 0 Å². The predicted molar refractivity (Wildman–Crippen MR) is 85.1 cm³/mol. The largest absolute Gasteiger partial charge is 0.497 e. The number of ether oxygens (including phenoxy) is 4. The highest BCUT2D eigenvalue weighted by molar-refractivity contribution is 7.84. The zero-order chi connectivity index (χ0) is 15.8. The van der Waals surface area contributed by atoms with Crippen molar-refractivity contribution in [1.29, 1.82) is 0 Å². The fourth-order valence-electron chi connectivity index (χ4n) is 1.65. The van der Waals surface area contributed by atoms with Crippen LogP contribution in [0.5, 0.6) is 23.0 Å². The van der Waals surface area contributed by atoms with E-state index in [0.29, 0.717) is 11.5 Å². The van der Waals surface area contributed by atoms with Crippen LogP contribution in [0.4, 0.5) is 0 Å². The highest BCUT2D eigenvalue weighted by atomic mass is 32.2. The summed E-state index contributed by atoms with van der Waals surface area (Å²) in [5.74, 6) is 2.91. The molecule has 0 amide bonds. The van der Waals surface area contributed by atoms with E-state index in [1.807, 2.05) is 0 Å². The van der Waals surface area contributed by atoms with Crippen LogP contribution in [0.2, 0.25) is 0 Å². The fraction of sp³-hybridized carbons (Fsp3) is 0.250. The quantitative estimate of drug-likeness (QED) is 0.748. The maximum Gasteiger partial charge on any atom is 0.166 e. The number of benzene rings is 2. The Kier molecular flexibility index (Phi) is 6.09. The third-order valence-electron chi connectivity index (χ3n) is 2.83. The summed E-state index contributed by atoms with van der Waals surface area (Å²) in [7, 11) is 1.96. The Morgan fingerprint density at radius 2 is 1.00 bits per heavy atom. The molecule has 0 atom stereocenters. The van der Waals surface area contributed by atoms with Crippen molar-refractivity contribution in [1.82, 2.24) is 0 Å². The van der Waals surface area contributed by atoms with Crippen molar-refractivity contribution in [3.05, 3.63) is 48.5 Å². The van der Waals surface area contributed by atoms with Gasteiger partial charge in [0.2, 0.25) is 0 Å². The van der Waals surface area contributed by atoms with Crippen molar-refractivity contribution in [2.45, 2.75) is 0 Å². The van der Waals surface area contributed by atoms with E-state index in [1.54, 1.807) is 62.8 Å². The molecule has 0 bridgehead atoms. The first-order valence-electron chi connectivity index (χ1n) is 6.60. The first-order chi connectivity index (χ1) is 10.7. The van der Waals surface area contributed by atoms with Crippen LogP contribution in [0, 0.1) is 0 Å². The van der Waals surface area contributed by atoms with Crippen LogP contribution in [0.25, 0.3) is 0 Å². The standard InChI is InChI=1S/C16H18O5S/c1-18-13-3-7-15(8-4-13)20-11-22(17)12-21-16-9-5-14(19-2)6-10-16/h3-10H,11-12H2,1-2H3. The van der Waals surface area contributed by atoms with Crippen molar-refractivity contribution in [3.8, 4) is 23.0 Å². The van der Waals surface area contributed by atoms with Gasteiger partial charge in [0.25, 0.3) is 0 Å². The molecular weight excluding hydrogens is 304 g/mol. The third kappa shape index (κ3) is 4.96. The van der Waals surface area contributed by atoms with Crippen LogP contribution in [0.15, 0.2) is 48.5 Å². The Balaban J connectivity index is 1.74. The molecule has 22 heavy (non-hydrogen) atoms. The van der Waals surface area contributed by atoms with Crippen LogP contribution >= 0.6 is 0 Å². The lowest BCUT2D eigenvalue weighted by atomic mass is 10.3. The minimum Gasteiger partial charge on any atom is -0.497 e. The smallest absolute Gasteiger partial charge is 0.166 e. The Morgan fingerprint density at radius 3 is 1.32 bits per heavy atom. The SMILES string of the molecule is COc1ccc(OCS(=O)COc2ccc(OC)cc2)cc1. The first-order valence-corrected chi connectivity index (χ1v) is 8.09. The van der Waals surface area contributed by atoms with E-state index in [2.05, 4.69) is 0 Å². The van der Waals surface area contributed by atoms with Crippen molar-refractivity contribution < 1.29 is 23.2 Å². The second-order valence-electron chi connectivity index (χ2n) is 4.32. The van der Waals surface area contributed by atoms with Crippen LogP contribution in [-0.2, 0) is 10.8 Å². The molecule has 0 aromatic heterocycles. The molecule has 0 aliphatic rings. The van der Waals surface area contributed by atoms with E-state index in [-0.39, 0.29) is 11.9 Å². The molecular formula is C16H18O5S. The molecule has 0 saturated heterocycles. The molecule has 0 N–H and O–H groups in total. The van der Waals surface area contributed by atoms with Crippen LogP contribution < -0.4 is 18.9 Å². The lowest BCUT2D eigenvalue weighted by Crippen LogP contribution is -2.12. The maximum atomic E-state index is 11.8. The summed E-state index contributed by atoms with van der Waals surface area (Å²) in [6.07, 6.45) is 0. The molecule has 2 aromatic carbocycles. The van der Waals surface area contributed by atoms with E-state index >= 15 is 0 Å². The summed E-state index contributed by atoms with van der Waals surface area (Å²) >= 11 is 0. The van der Waals surface area contributed by atoms with Gasteiger partial charge in [-0.05, 0) is 48.5 Å². The number of hydrogen-bond donors (Lipinski definition) is 0. The van der Waals surface area contributed by atoms with E-state index in [9.17, 15) is 4.21 Å². The summed E-state index contributed by atoms with van der Waals surface area (Å²) in [5, 5.41) is 0. The molecule has 0 spiro atoms. The van der Waals surface area contributed by atoms with Gasteiger partial charge in [-0.3, -0.25) is 4.21 Å². The second-order valence-corrected chi connectivity index (χ2v) is 5.67. The van der Waals surface area contributed by atoms with E-state index in [4.69, 9.17) is 18.9 Å². The second kappa shape index (κ2) is 8.29. The topological polar surface area (TPSA) is 54.0 Å². The molecule has 118 valence electrons. The average Bonchev–Trinajstić information content (AvgIpc) is 2.59. The molecule has 0 saturated carbocycles. The summed E-state index contributed by atoms with van der Waals surface area (Å²) in [4.78, 5) is 0. The highest BCUT2D eigenvalue weighted by Gasteiger charge is 2.03. The Morgan fingerprint density at radius 1 is 0.682 bits per heavy atom. The number of rotatable bonds is 8. The van der Waals surface area contributed by atoms with Gasteiger partial charge in [0.1, 0.15) is 23.0 Å². The summed E-state index contributed by atoms with van der Waals surface area (Å²) in [5.41, 5.74) is 0. The van der Waals surface area contributed by atoms with Gasteiger partial charge in [0.05, 0.1) is 25.0 Å². The molecule has 0 fully saturated rings. The number of hydrogen-bond acceptors (Lipinski definition) is 5. The minimum absolute atomic E-state index is 0.0719. The lowest BCUT2D eigenvalue weighted by molar-refractivity contribution is 0.359. The van der Waals surface area contributed by atoms with Crippen LogP contribution in [0.1, 0.15) is 0 Å². The van der Waals surface area contributed by atoms with Gasteiger partial charge >= 0.3 is 0 Å². The zero-order valence-corrected chi connectivity index (χ0v) is 13.3. The van der Waals surface area contributed by atoms with E-state index < -0.39 is 10.8 Å². The van der Waals surface area contributed by atoms with Crippen LogP contribution in [-0.4, -0.2) is 30.3 Å². The summed E-state index contributed by atoms with van der Waals surface area (Å²) in [6.45, 7) is 0. The Labute approximate surface area is 132 Å².